The highest BCUT2D eigenvalue weighted by Crippen LogP contribution is 2.21. The quantitative estimate of drug-likeness (QED) is 0.906. The average Bonchev–Trinajstić information content (AvgIpc) is 2.94. The highest BCUT2D eigenvalue weighted by Gasteiger charge is 2.16. The Morgan fingerprint density at radius 3 is 2.86 bits per heavy atom. The molecule has 0 amide bonds. The SMILES string of the molecule is Cc1nc(-c2cccc(NCC3CCN(C)CC3)c2)n[nH]1. The van der Waals surface area contributed by atoms with Crippen LogP contribution in [0.25, 0.3) is 11.4 Å². The Morgan fingerprint density at radius 1 is 1.33 bits per heavy atom. The molecule has 21 heavy (non-hydrogen) atoms. The lowest BCUT2D eigenvalue weighted by Gasteiger charge is -2.29. The van der Waals surface area contributed by atoms with Gasteiger partial charge in [-0.1, -0.05) is 12.1 Å². The van der Waals surface area contributed by atoms with E-state index in [0.29, 0.717) is 0 Å². The van der Waals surface area contributed by atoms with Gasteiger partial charge in [0.1, 0.15) is 5.82 Å². The van der Waals surface area contributed by atoms with Crippen LogP contribution in [-0.2, 0) is 0 Å². The predicted octanol–water partition coefficient (Wildman–Crippen LogP) is 2.53. The predicted molar refractivity (Wildman–Crippen MR) is 85.3 cm³/mol. The molecule has 0 unspecified atom stereocenters. The summed E-state index contributed by atoms with van der Waals surface area (Å²) in [5.74, 6) is 2.38. The molecule has 1 aromatic heterocycles. The third-order valence-electron chi connectivity index (χ3n) is 4.15. The summed E-state index contributed by atoms with van der Waals surface area (Å²) in [7, 11) is 2.20. The number of likely N-dealkylation sites (tertiary alicyclic amines) is 1. The third kappa shape index (κ3) is 3.61. The number of benzene rings is 1. The second kappa shape index (κ2) is 6.26. The maximum atomic E-state index is 4.38. The van der Waals surface area contributed by atoms with Crippen LogP contribution >= 0.6 is 0 Å². The van der Waals surface area contributed by atoms with Crippen LogP contribution in [0.5, 0.6) is 0 Å². The fourth-order valence-electron chi connectivity index (χ4n) is 2.77. The first kappa shape index (κ1) is 14.1. The topological polar surface area (TPSA) is 56.8 Å². The summed E-state index contributed by atoms with van der Waals surface area (Å²) in [6.07, 6.45) is 2.56. The molecule has 1 saturated heterocycles. The Hall–Kier alpha value is -1.88. The van der Waals surface area contributed by atoms with Gasteiger partial charge in [-0.15, -0.1) is 0 Å². The Kier molecular flexibility index (Phi) is 4.20. The second-order valence-electron chi connectivity index (χ2n) is 5.95. The zero-order valence-electron chi connectivity index (χ0n) is 12.8. The Bertz CT molecular complexity index is 584. The monoisotopic (exact) mass is 285 g/mol. The minimum Gasteiger partial charge on any atom is -0.385 e. The highest BCUT2D eigenvalue weighted by atomic mass is 15.2. The molecule has 1 fully saturated rings. The van der Waals surface area contributed by atoms with Crippen molar-refractivity contribution in [2.45, 2.75) is 19.8 Å². The van der Waals surface area contributed by atoms with Crippen molar-refractivity contribution in [1.82, 2.24) is 20.1 Å². The van der Waals surface area contributed by atoms with E-state index >= 15 is 0 Å². The number of hydrogen-bond donors (Lipinski definition) is 2. The van der Waals surface area contributed by atoms with Gasteiger partial charge in [-0.25, -0.2) is 4.98 Å². The van der Waals surface area contributed by atoms with Crippen molar-refractivity contribution in [3.8, 4) is 11.4 Å². The van der Waals surface area contributed by atoms with Crippen LogP contribution in [0.2, 0.25) is 0 Å². The molecule has 2 aromatic rings. The number of anilines is 1. The van der Waals surface area contributed by atoms with Gasteiger partial charge in [0.2, 0.25) is 0 Å². The van der Waals surface area contributed by atoms with E-state index in [0.717, 1.165) is 35.4 Å². The van der Waals surface area contributed by atoms with Crippen molar-refractivity contribution in [3.05, 3.63) is 30.1 Å². The van der Waals surface area contributed by atoms with Gasteiger partial charge in [0.25, 0.3) is 0 Å². The van der Waals surface area contributed by atoms with Crippen LogP contribution in [-0.4, -0.2) is 46.8 Å². The van der Waals surface area contributed by atoms with Crippen molar-refractivity contribution in [2.24, 2.45) is 5.92 Å². The van der Waals surface area contributed by atoms with E-state index in [9.17, 15) is 0 Å². The first-order valence-electron chi connectivity index (χ1n) is 7.62. The van der Waals surface area contributed by atoms with Gasteiger partial charge in [-0.2, -0.15) is 5.10 Å². The fourth-order valence-corrected chi connectivity index (χ4v) is 2.77. The molecule has 0 bridgehead atoms. The molecule has 1 aliphatic rings. The lowest BCUT2D eigenvalue weighted by atomic mass is 9.97. The summed E-state index contributed by atoms with van der Waals surface area (Å²) in [4.78, 5) is 6.79. The maximum absolute atomic E-state index is 4.38. The van der Waals surface area contributed by atoms with Gasteiger partial charge in [-0.05, 0) is 58.0 Å². The normalized spacial score (nSPS) is 17.0. The second-order valence-corrected chi connectivity index (χ2v) is 5.95. The minimum atomic E-state index is 0.760. The van der Waals surface area contributed by atoms with E-state index in [1.165, 1.54) is 25.9 Å². The molecular formula is C16H23N5. The number of rotatable bonds is 4. The molecule has 0 radical (unpaired) electrons. The molecule has 112 valence electrons. The van der Waals surface area contributed by atoms with Crippen molar-refractivity contribution in [2.75, 3.05) is 32.0 Å². The van der Waals surface area contributed by atoms with Crippen LogP contribution < -0.4 is 5.32 Å². The summed E-state index contributed by atoms with van der Waals surface area (Å²) < 4.78 is 0. The number of aryl methyl sites for hydroxylation is 1. The summed E-state index contributed by atoms with van der Waals surface area (Å²) in [5, 5.41) is 10.7. The number of hydrogen-bond acceptors (Lipinski definition) is 4. The van der Waals surface area contributed by atoms with Gasteiger partial charge in [-0.3, -0.25) is 5.10 Å². The molecular weight excluding hydrogens is 262 g/mol. The van der Waals surface area contributed by atoms with Gasteiger partial charge in [0, 0.05) is 17.8 Å². The van der Waals surface area contributed by atoms with Crippen molar-refractivity contribution in [1.29, 1.82) is 0 Å². The van der Waals surface area contributed by atoms with E-state index in [2.05, 4.69) is 50.6 Å². The van der Waals surface area contributed by atoms with Crippen molar-refractivity contribution < 1.29 is 0 Å². The van der Waals surface area contributed by atoms with Gasteiger partial charge in [0.05, 0.1) is 0 Å². The lowest BCUT2D eigenvalue weighted by molar-refractivity contribution is 0.226. The van der Waals surface area contributed by atoms with Crippen LogP contribution in [0.3, 0.4) is 0 Å². The number of aromatic amines is 1. The maximum Gasteiger partial charge on any atom is 0.181 e. The summed E-state index contributed by atoms with van der Waals surface area (Å²) >= 11 is 0. The molecule has 0 spiro atoms. The van der Waals surface area contributed by atoms with Gasteiger partial charge >= 0.3 is 0 Å². The standard InChI is InChI=1S/C16H23N5/c1-12-18-16(20-19-12)14-4-3-5-15(10-14)17-11-13-6-8-21(2)9-7-13/h3-5,10,13,17H,6-9,11H2,1-2H3,(H,18,19,20). The molecule has 1 aliphatic heterocycles. The van der Waals surface area contributed by atoms with Crippen molar-refractivity contribution >= 4 is 5.69 Å². The fraction of sp³-hybridized carbons (Fsp3) is 0.500. The number of nitrogens with zero attached hydrogens (tertiary/aromatic N) is 3. The zero-order valence-corrected chi connectivity index (χ0v) is 12.8. The first-order valence-corrected chi connectivity index (χ1v) is 7.62. The Morgan fingerprint density at radius 2 is 2.14 bits per heavy atom. The van der Waals surface area contributed by atoms with Crippen LogP contribution in [0.1, 0.15) is 18.7 Å². The molecule has 5 heteroatoms. The molecule has 0 atom stereocenters. The van der Waals surface area contributed by atoms with E-state index in [1.807, 2.05) is 13.0 Å². The highest BCUT2D eigenvalue weighted by molar-refractivity contribution is 5.62. The minimum absolute atomic E-state index is 0.760. The molecule has 0 aliphatic carbocycles. The first-order chi connectivity index (χ1) is 10.2. The molecule has 3 rings (SSSR count). The van der Waals surface area contributed by atoms with Crippen LogP contribution in [0.4, 0.5) is 5.69 Å². The number of piperidine rings is 1. The zero-order chi connectivity index (χ0) is 14.7. The third-order valence-corrected chi connectivity index (χ3v) is 4.15. The molecule has 5 nitrogen and oxygen atoms in total. The number of H-pyrrole nitrogens is 1. The van der Waals surface area contributed by atoms with E-state index < -0.39 is 0 Å². The number of nitrogens with one attached hydrogen (secondary N) is 2. The summed E-state index contributed by atoms with van der Waals surface area (Å²) in [5.41, 5.74) is 2.20. The summed E-state index contributed by atoms with van der Waals surface area (Å²) in [6, 6.07) is 8.33. The molecule has 0 saturated carbocycles. The molecule has 2 heterocycles. The van der Waals surface area contributed by atoms with E-state index in [-0.39, 0.29) is 0 Å². The Labute approximate surface area is 125 Å². The molecule has 1 aromatic carbocycles. The average molecular weight is 285 g/mol. The summed E-state index contributed by atoms with van der Waals surface area (Å²) in [6.45, 7) is 5.38. The largest absolute Gasteiger partial charge is 0.385 e. The van der Waals surface area contributed by atoms with Crippen LogP contribution in [0.15, 0.2) is 24.3 Å². The van der Waals surface area contributed by atoms with Gasteiger partial charge < -0.3 is 10.2 Å². The molecule has 2 N–H and O–H groups in total. The number of aromatic nitrogens is 3. The van der Waals surface area contributed by atoms with Gasteiger partial charge in [0.15, 0.2) is 5.82 Å². The smallest absolute Gasteiger partial charge is 0.181 e. The van der Waals surface area contributed by atoms with Crippen molar-refractivity contribution in [3.63, 3.8) is 0 Å². The van der Waals surface area contributed by atoms with E-state index in [1.54, 1.807) is 0 Å². The van der Waals surface area contributed by atoms with E-state index in [4.69, 9.17) is 0 Å². The lowest BCUT2D eigenvalue weighted by Crippen LogP contribution is -2.32. The van der Waals surface area contributed by atoms with Crippen LogP contribution in [0, 0.1) is 12.8 Å². The Balaban J connectivity index is 1.61.